The van der Waals surface area contributed by atoms with Crippen LogP contribution in [0.2, 0.25) is 5.02 Å². The van der Waals surface area contributed by atoms with Gasteiger partial charge in [0.05, 0.1) is 10.6 Å². The van der Waals surface area contributed by atoms with E-state index in [0.29, 0.717) is 16.3 Å². The van der Waals surface area contributed by atoms with Crippen molar-refractivity contribution in [2.45, 2.75) is 6.92 Å². The lowest BCUT2D eigenvalue weighted by Crippen LogP contribution is -2.32. The quantitative estimate of drug-likeness (QED) is 0.698. The number of aryl methyl sites for hydroxylation is 1. The van der Waals surface area contributed by atoms with Crippen LogP contribution in [0.5, 0.6) is 5.75 Å². The van der Waals surface area contributed by atoms with Gasteiger partial charge in [0.1, 0.15) is 12.3 Å². The first-order valence-corrected chi connectivity index (χ1v) is 6.75. The zero-order chi connectivity index (χ0) is 15.2. The number of para-hydroxylation sites is 1. The molecule has 0 aliphatic rings. The minimum absolute atomic E-state index is 0.224. The van der Waals surface area contributed by atoms with Crippen molar-refractivity contribution in [2.24, 2.45) is 0 Å². The maximum atomic E-state index is 11.9. The van der Waals surface area contributed by atoms with Crippen LogP contribution in [-0.2, 0) is 4.79 Å². The molecule has 0 aliphatic carbocycles. The summed E-state index contributed by atoms with van der Waals surface area (Å²) in [6.07, 6.45) is 0. The van der Waals surface area contributed by atoms with E-state index in [1.807, 2.05) is 19.1 Å². The van der Waals surface area contributed by atoms with Crippen LogP contribution in [0.15, 0.2) is 48.5 Å². The van der Waals surface area contributed by atoms with Gasteiger partial charge in [0.2, 0.25) is 0 Å². The minimum atomic E-state index is -0.537. The minimum Gasteiger partial charge on any atom is -0.425 e. The molecule has 1 amide bonds. The number of amides is 1. The third-order valence-corrected chi connectivity index (χ3v) is 3.16. The van der Waals surface area contributed by atoms with E-state index >= 15 is 0 Å². The number of esters is 1. The molecule has 2 aromatic rings. The summed E-state index contributed by atoms with van der Waals surface area (Å²) in [7, 11) is 0. The fourth-order valence-corrected chi connectivity index (χ4v) is 1.94. The molecule has 2 rings (SSSR count). The number of benzene rings is 2. The van der Waals surface area contributed by atoms with Crippen LogP contribution in [0.1, 0.15) is 15.9 Å². The first kappa shape index (κ1) is 15.1. The topological polar surface area (TPSA) is 55.4 Å². The Hall–Kier alpha value is -2.33. The molecule has 0 fully saturated rings. The number of hydrogen-bond donors (Lipinski definition) is 1. The van der Waals surface area contributed by atoms with Crippen LogP contribution in [0.3, 0.4) is 0 Å². The lowest BCUT2D eigenvalue weighted by atomic mass is 10.2. The highest BCUT2D eigenvalue weighted by atomic mass is 35.5. The summed E-state index contributed by atoms with van der Waals surface area (Å²) >= 11 is 5.91. The van der Waals surface area contributed by atoms with Gasteiger partial charge in [0.25, 0.3) is 5.91 Å². The van der Waals surface area contributed by atoms with Crippen LogP contribution >= 0.6 is 11.6 Å². The normalized spacial score (nSPS) is 10.0. The maximum Gasteiger partial charge on any atom is 0.330 e. The highest BCUT2D eigenvalue weighted by molar-refractivity contribution is 6.33. The molecule has 2 aromatic carbocycles. The second-order valence-corrected chi connectivity index (χ2v) is 4.81. The van der Waals surface area contributed by atoms with Crippen molar-refractivity contribution >= 4 is 23.5 Å². The number of ether oxygens (including phenoxy) is 1. The number of rotatable bonds is 4. The molecule has 0 aromatic heterocycles. The van der Waals surface area contributed by atoms with Gasteiger partial charge in [-0.05, 0) is 30.7 Å². The number of carbonyl (C=O) groups is 2. The van der Waals surface area contributed by atoms with Gasteiger partial charge >= 0.3 is 5.97 Å². The SMILES string of the molecule is Cc1ccccc1OC(=O)CNC(=O)c1ccccc1Cl. The van der Waals surface area contributed by atoms with E-state index in [-0.39, 0.29) is 6.54 Å². The smallest absolute Gasteiger partial charge is 0.330 e. The first-order chi connectivity index (χ1) is 10.1. The Morgan fingerprint density at radius 2 is 1.76 bits per heavy atom. The Morgan fingerprint density at radius 3 is 2.48 bits per heavy atom. The summed E-state index contributed by atoms with van der Waals surface area (Å²) in [6.45, 7) is 1.61. The molecule has 0 saturated carbocycles. The van der Waals surface area contributed by atoms with Gasteiger partial charge in [-0.3, -0.25) is 4.79 Å². The molecule has 0 bridgehead atoms. The number of nitrogens with one attached hydrogen (secondary N) is 1. The third kappa shape index (κ3) is 4.07. The van der Waals surface area contributed by atoms with Crippen LogP contribution in [-0.4, -0.2) is 18.4 Å². The second kappa shape index (κ2) is 6.90. The van der Waals surface area contributed by atoms with Gasteiger partial charge in [0, 0.05) is 0 Å². The Kier molecular flexibility index (Phi) is 4.95. The third-order valence-electron chi connectivity index (χ3n) is 2.83. The number of hydrogen-bond acceptors (Lipinski definition) is 3. The molecular formula is C16H14ClNO3. The molecule has 0 unspecified atom stereocenters. The summed E-state index contributed by atoms with van der Waals surface area (Å²) in [6, 6.07) is 13.8. The molecule has 1 N–H and O–H groups in total. The van der Waals surface area contributed by atoms with Gasteiger partial charge < -0.3 is 10.1 Å². The Labute approximate surface area is 127 Å². The van der Waals surface area contributed by atoms with E-state index in [9.17, 15) is 9.59 Å². The molecule has 5 heteroatoms. The van der Waals surface area contributed by atoms with Gasteiger partial charge in [-0.2, -0.15) is 0 Å². The molecular weight excluding hydrogens is 290 g/mol. The Morgan fingerprint density at radius 1 is 1.10 bits per heavy atom. The van der Waals surface area contributed by atoms with E-state index in [0.717, 1.165) is 5.56 Å². The van der Waals surface area contributed by atoms with Gasteiger partial charge in [-0.25, -0.2) is 4.79 Å². The van der Waals surface area contributed by atoms with Crippen LogP contribution in [0, 0.1) is 6.92 Å². The molecule has 0 heterocycles. The molecule has 0 spiro atoms. The van der Waals surface area contributed by atoms with Gasteiger partial charge in [-0.1, -0.05) is 41.9 Å². The average molecular weight is 304 g/mol. The fraction of sp³-hybridized carbons (Fsp3) is 0.125. The van der Waals surface area contributed by atoms with E-state index in [2.05, 4.69) is 5.32 Å². The van der Waals surface area contributed by atoms with Crippen molar-refractivity contribution in [3.63, 3.8) is 0 Å². The van der Waals surface area contributed by atoms with Crippen LogP contribution in [0.4, 0.5) is 0 Å². The predicted octanol–water partition coefficient (Wildman–Crippen LogP) is 2.98. The Balaban J connectivity index is 1.91. The van der Waals surface area contributed by atoms with Crippen molar-refractivity contribution in [1.82, 2.24) is 5.32 Å². The Bertz CT molecular complexity index is 670. The summed E-state index contributed by atoms with van der Waals surface area (Å²) in [5.41, 5.74) is 1.17. The maximum absolute atomic E-state index is 11.9. The summed E-state index contributed by atoms with van der Waals surface area (Å²) < 4.78 is 5.18. The largest absolute Gasteiger partial charge is 0.425 e. The first-order valence-electron chi connectivity index (χ1n) is 6.37. The molecule has 0 aliphatic heterocycles. The standard InChI is InChI=1S/C16H14ClNO3/c1-11-6-2-5-9-14(11)21-15(19)10-18-16(20)12-7-3-4-8-13(12)17/h2-9H,10H2,1H3,(H,18,20). The van der Waals surface area contributed by atoms with Crippen molar-refractivity contribution in [1.29, 1.82) is 0 Å². The summed E-state index contributed by atoms with van der Waals surface area (Å²) in [4.78, 5) is 23.6. The van der Waals surface area contributed by atoms with Gasteiger partial charge in [-0.15, -0.1) is 0 Å². The van der Waals surface area contributed by atoms with Crippen molar-refractivity contribution < 1.29 is 14.3 Å². The number of halogens is 1. The van der Waals surface area contributed by atoms with E-state index in [4.69, 9.17) is 16.3 Å². The second-order valence-electron chi connectivity index (χ2n) is 4.40. The van der Waals surface area contributed by atoms with Crippen molar-refractivity contribution in [2.75, 3.05) is 6.54 Å². The van der Waals surface area contributed by atoms with Crippen molar-refractivity contribution in [3.8, 4) is 5.75 Å². The number of carbonyl (C=O) groups excluding carboxylic acids is 2. The fourth-order valence-electron chi connectivity index (χ4n) is 1.72. The molecule has 108 valence electrons. The highest BCUT2D eigenvalue weighted by Crippen LogP contribution is 2.16. The van der Waals surface area contributed by atoms with E-state index in [1.54, 1.807) is 36.4 Å². The summed E-state index contributed by atoms with van der Waals surface area (Å²) in [5, 5.41) is 2.82. The monoisotopic (exact) mass is 303 g/mol. The molecule has 21 heavy (non-hydrogen) atoms. The van der Waals surface area contributed by atoms with E-state index in [1.165, 1.54) is 0 Å². The van der Waals surface area contributed by atoms with Crippen LogP contribution < -0.4 is 10.1 Å². The summed E-state index contributed by atoms with van der Waals surface area (Å²) in [5.74, 6) is -0.471. The zero-order valence-corrected chi connectivity index (χ0v) is 12.2. The van der Waals surface area contributed by atoms with Crippen LogP contribution in [0.25, 0.3) is 0 Å². The lowest BCUT2D eigenvalue weighted by molar-refractivity contribution is -0.133. The van der Waals surface area contributed by atoms with Crippen molar-refractivity contribution in [3.05, 3.63) is 64.7 Å². The van der Waals surface area contributed by atoms with E-state index < -0.39 is 11.9 Å². The van der Waals surface area contributed by atoms with Gasteiger partial charge in [0.15, 0.2) is 0 Å². The molecule has 0 saturated heterocycles. The molecule has 0 atom stereocenters. The highest BCUT2D eigenvalue weighted by Gasteiger charge is 2.12. The predicted molar refractivity (Wildman–Crippen MR) is 80.6 cm³/mol. The zero-order valence-electron chi connectivity index (χ0n) is 11.4. The average Bonchev–Trinajstić information content (AvgIpc) is 2.48. The lowest BCUT2D eigenvalue weighted by Gasteiger charge is -2.08. The molecule has 0 radical (unpaired) electrons. The molecule has 4 nitrogen and oxygen atoms in total.